The molecule has 1 saturated heterocycles. The Balaban J connectivity index is 1.57. The highest BCUT2D eigenvalue weighted by atomic mass is 35.5. The van der Waals surface area contributed by atoms with Crippen molar-refractivity contribution in [1.29, 1.82) is 0 Å². The van der Waals surface area contributed by atoms with Crippen LogP contribution in [0.1, 0.15) is 5.56 Å². The SMILES string of the molecule is CN(CC(=O)N1CCN(Cc2ccccc2)CC1)S(=O)(=O)c1cc(Cl)ccc1Cl. The minimum Gasteiger partial charge on any atom is -0.339 e. The standard InChI is InChI=1S/C20H23Cl2N3O3S/c1-23(29(27,28)19-13-17(21)7-8-18(19)22)15-20(26)25-11-9-24(10-12-25)14-16-5-3-2-4-6-16/h2-8,13H,9-12,14-15H2,1H3. The lowest BCUT2D eigenvalue weighted by Crippen LogP contribution is -2.51. The number of halogens is 2. The Morgan fingerprint density at radius 1 is 1.03 bits per heavy atom. The molecule has 156 valence electrons. The van der Waals surface area contributed by atoms with E-state index in [-0.39, 0.29) is 27.4 Å². The molecule has 0 aliphatic carbocycles. The van der Waals surface area contributed by atoms with Crippen molar-refractivity contribution in [3.8, 4) is 0 Å². The largest absolute Gasteiger partial charge is 0.339 e. The van der Waals surface area contributed by atoms with Crippen LogP contribution in [0.25, 0.3) is 0 Å². The van der Waals surface area contributed by atoms with E-state index >= 15 is 0 Å². The predicted octanol–water partition coefficient (Wildman–Crippen LogP) is 2.96. The maximum absolute atomic E-state index is 12.8. The summed E-state index contributed by atoms with van der Waals surface area (Å²) < 4.78 is 26.6. The fourth-order valence-electron chi connectivity index (χ4n) is 3.22. The molecule has 0 aromatic heterocycles. The van der Waals surface area contributed by atoms with Crippen molar-refractivity contribution in [3.63, 3.8) is 0 Å². The monoisotopic (exact) mass is 455 g/mol. The highest BCUT2D eigenvalue weighted by Gasteiger charge is 2.28. The molecule has 0 atom stereocenters. The van der Waals surface area contributed by atoms with Gasteiger partial charge in [-0.15, -0.1) is 0 Å². The Morgan fingerprint density at radius 3 is 2.34 bits per heavy atom. The molecular weight excluding hydrogens is 433 g/mol. The van der Waals surface area contributed by atoms with Gasteiger partial charge in [-0.3, -0.25) is 9.69 Å². The molecule has 2 aromatic rings. The highest BCUT2D eigenvalue weighted by Crippen LogP contribution is 2.27. The van der Waals surface area contributed by atoms with E-state index < -0.39 is 10.0 Å². The Hall–Kier alpha value is -1.64. The first-order valence-corrected chi connectivity index (χ1v) is 11.4. The summed E-state index contributed by atoms with van der Waals surface area (Å²) in [5.74, 6) is -0.228. The lowest BCUT2D eigenvalue weighted by atomic mass is 10.2. The van der Waals surface area contributed by atoms with Gasteiger partial charge in [-0.1, -0.05) is 53.5 Å². The minimum absolute atomic E-state index is 0.0724. The molecule has 0 spiro atoms. The van der Waals surface area contributed by atoms with Crippen molar-refractivity contribution < 1.29 is 13.2 Å². The van der Waals surface area contributed by atoms with Crippen LogP contribution in [0.2, 0.25) is 10.0 Å². The number of carbonyl (C=O) groups excluding carboxylic acids is 1. The van der Waals surface area contributed by atoms with Gasteiger partial charge in [0.1, 0.15) is 4.90 Å². The number of sulfonamides is 1. The van der Waals surface area contributed by atoms with Gasteiger partial charge >= 0.3 is 0 Å². The fourth-order valence-corrected chi connectivity index (χ4v) is 5.07. The summed E-state index contributed by atoms with van der Waals surface area (Å²) in [5.41, 5.74) is 1.23. The van der Waals surface area contributed by atoms with Gasteiger partial charge < -0.3 is 4.90 Å². The van der Waals surface area contributed by atoms with E-state index in [1.54, 1.807) is 4.90 Å². The average Bonchev–Trinajstić information content (AvgIpc) is 2.71. The van der Waals surface area contributed by atoms with Crippen molar-refractivity contribution in [1.82, 2.24) is 14.1 Å². The van der Waals surface area contributed by atoms with Crippen LogP contribution in [-0.4, -0.2) is 68.2 Å². The van der Waals surface area contributed by atoms with Gasteiger partial charge in [0.25, 0.3) is 0 Å². The maximum atomic E-state index is 12.8. The molecule has 2 aromatic carbocycles. The Kier molecular flexibility index (Phi) is 7.19. The first-order valence-electron chi connectivity index (χ1n) is 9.23. The summed E-state index contributed by atoms with van der Waals surface area (Å²) in [4.78, 5) is 16.5. The van der Waals surface area contributed by atoms with E-state index in [0.29, 0.717) is 13.1 Å². The fraction of sp³-hybridized carbons (Fsp3) is 0.350. The van der Waals surface area contributed by atoms with Crippen LogP contribution >= 0.6 is 23.2 Å². The zero-order chi connectivity index (χ0) is 21.0. The van der Waals surface area contributed by atoms with Crippen molar-refractivity contribution >= 4 is 39.1 Å². The number of carbonyl (C=O) groups is 1. The molecule has 1 amide bonds. The molecule has 1 fully saturated rings. The summed E-state index contributed by atoms with van der Waals surface area (Å²) >= 11 is 11.9. The number of likely N-dealkylation sites (N-methyl/N-ethyl adjacent to an activating group) is 1. The third kappa shape index (κ3) is 5.49. The second-order valence-electron chi connectivity index (χ2n) is 6.98. The molecule has 6 nitrogen and oxygen atoms in total. The van der Waals surface area contributed by atoms with Crippen LogP contribution in [0.3, 0.4) is 0 Å². The second-order valence-corrected chi connectivity index (χ2v) is 9.84. The summed E-state index contributed by atoms with van der Waals surface area (Å²) in [6.45, 7) is 3.22. The molecule has 0 radical (unpaired) electrons. The van der Waals surface area contributed by atoms with Gasteiger partial charge in [0, 0.05) is 44.8 Å². The van der Waals surface area contributed by atoms with Gasteiger partial charge in [-0.2, -0.15) is 4.31 Å². The van der Waals surface area contributed by atoms with Crippen LogP contribution in [0.15, 0.2) is 53.4 Å². The third-order valence-electron chi connectivity index (χ3n) is 4.91. The Morgan fingerprint density at radius 2 is 1.69 bits per heavy atom. The molecule has 29 heavy (non-hydrogen) atoms. The van der Waals surface area contributed by atoms with Crippen LogP contribution in [0.4, 0.5) is 0 Å². The molecule has 1 heterocycles. The van der Waals surface area contributed by atoms with E-state index in [9.17, 15) is 13.2 Å². The summed E-state index contributed by atoms with van der Waals surface area (Å²) in [7, 11) is -2.55. The van der Waals surface area contributed by atoms with E-state index in [1.165, 1.54) is 30.8 Å². The van der Waals surface area contributed by atoms with Crippen molar-refractivity contribution in [3.05, 3.63) is 64.1 Å². The number of rotatable bonds is 6. The molecule has 9 heteroatoms. The van der Waals surface area contributed by atoms with E-state index in [2.05, 4.69) is 17.0 Å². The summed E-state index contributed by atoms with van der Waals surface area (Å²) in [6, 6.07) is 14.4. The van der Waals surface area contributed by atoms with E-state index in [0.717, 1.165) is 23.9 Å². The number of hydrogen-bond acceptors (Lipinski definition) is 4. The van der Waals surface area contributed by atoms with Gasteiger partial charge in [-0.25, -0.2) is 8.42 Å². The van der Waals surface area contributed by atoms with Gasteiger partial charge in [0.15, 0.2) is 0 Å². The second kappa shape index (κ2) is 9.45. The summed E-state index contributed by atoms with van der Waals surface area (Å²) in [6.07, 6.45) is 0. The highest BCUT2D eigenvalue weighted by molar-refractivity contribution is 7.89. The first-order chi connectivity index (χ1) is 13.8. The zero-order valence-electron chi connectivity index (χ0n) is 16.1. The predicted molar refractivity (Wildman–Crippen MR) is 115 cm³/mol. The van der Waals surface area contributed by atoms with Crippen LogP contribution < -0.4 is 0 Å². The van der Waals surface area contributed by atoms with Crippen molar-refractivity contribution in [2.75, 3.05) is 39.8 Å². The topological polar surface area (TPSA) is 60.9 Å². The van der Waals surface area contributed by atoms with E-state index in [1.807, 2.05) is 18.2 Å². The lowest BCUT2D eigenvalue weighted by Gasteiger charge is -2.35. The molecule has 0 saturated carbocycles. The van der Waals surface area contributed by atoms with Crippen molar-refractivity contribution in [2.45, 2.75) is 11.4 Å². The van der Waals surface area contributed by atoms with Crippen LogP contribution in [-0.2, 0) is 21.4 Å². The molecule has 0 bridgehead atoms. The maximum Gasteiger partial charge on any atom is 0.244 e. The first kappa shape index (κ1) is 22.1. The minimum atomic E-state index is -3.92. The van der Waals surface area contributed by atoms with Crippen molar-refractivity contribution in [2.24, 2.45) is 0 Å². The number of amides is 1. The quantitative estimate of drug-likeness (QED) is 0.671. The number of hydrogen-bond donors (Lipinski definition) is 0. The molecule has 0 N–H and O–H groups in total. The average molecular weight is 456 g/mol. The lowest BCUT2D eigenvalue weighted by molar-refractivity contribution is -0.133. The summed E-state index contributed by atoms with van der Waals surface area (Å²) in [5, 5.41) is 0.338. The molecule has 1 aliphatic rings. The molecule has 3 rings (SSSR count). The number of benzene rings is 2. The van der Waals surface area contributed by atoms with Crippen LogP contribution in [0, 0.1) is 0 Å². The van der Waals surface area contributed by atoms with Crippen LogP contribution in [0.5, 0.6) is 0 Å². The Bertz CT molecular complexity index is 962. The number of piperazine rings is 1. The third-order valence-corrected chi connectivity index (χ3v) is 7.43. The molecular formula is C20H23Cl2N3O3S. The normalized spacial score (nSPS) is 15.7. The number of nitrogens with zero attached hydrogens (tertiary/aromatic N) is 3. The Labute approximate surface area is 181 Å². The van der Waals surface area contributed by atoms with E-state index in [4.69, 9.17) is 23.2 Å². The zero-order valence-corrected chi connectivity index (χ0v) is 18.4. The van der Waals surface area contributed by atoms with Gasteiger partial charge in [-0.05, 0) is 23.8 Å². The molecule has 0 unspecified atom stereocenters. The van der Waals surface area contributed by atoms with Gasteiger partial charge in [0.2, 0.25) is 15.9 Å². The molecule has 1 aliphatic heterocycles. The smallest absolute Gasteiger partial charge is 0.244 e. The van der Waals surface area contributed by atoms with Gasteiger partial charge in [0.05, 0.1) is 11.6 Å².